The molecule has 2 rings (SSSR count). The van der Waals surface area contributed by atoms with Gasteiger partial charge in [-0.3, -0.25) is 29.3 Å². The fourth-order valence-electron chi connectivity index (χ4n) is 2.48. The first-order valence-corrected chi connectivity index (χ1v) is 7.25. The van der Waals surface area contributed by atoms with Gasteiger partial charge in [-0.2, -0.15) is 0 Å². The minimum absolute atomic E-state index is 0.00324. The fraction of sp³-hybridized carbons (Fsp3) is 0.312. The van der Waals surface area contributed by atoms with Crippen LogP contribution in [0.15, 0.2) is 18.2 Å². The molecule has 0 radical (unpaired) electrons. The van der Waals surface area contributed by atoms with Crippen molar-refractivity contribution in [3.63, 3.8) is 0 Å². The molecule has 1 atom stereocenters. The molecule has 0 aliphatic carbocycles. The molecule has 126 valence electrons. The topological polar surface area (TPSA) is 110 Å². The van der Waals surface area contributed by atoms with Gasteiger partial charge in [-0.15, -0.1) is 0 Å². The van der Waals surface area contributed by atoms with Crippen molar-refractivity contribution in [3.05, 3.63) is 29.3 Å². The number of ether oxygens (including phenoxy) is 1. The van der Waals surface area contributed by atoms with Crippen molar-refractivity contribution in [2.75, 3.05) is 13.7 Å². The van der Waals surface area contributed by atoms with Crippen molar-refractivity contribution in [3.8, 4) is 5.75 Å². The Morgan fingerprint density at radius 1 is 1.38 bits per heavy atom. The summed E-state index contributed by atoms with van der Waals surface area (Å²) in [6, 6.07) is 3.62. The SMILES string of the molecule is CN(C(=O)c1cccc(OCC=O)c1C=O)C1CCC(=O)NC1=O. The number of hydrogen-bond acceptors (Lipinski definition) is 6. The highest BCUT2D eigenvalue weighted by Gasteiger charge is 2.33. The molecule has 3 amide bonds. The van der Waals surface area contributed by atoms with E-state index in [-0.39, 0.29) is 42.2 Å². The summed E-state index contributed by atoms with van der Waals surface area (Å²) in [5.74, 6) is -1.37. The van der Waals surface area contributed by atoms with E-state index in [0.717, 1.165) is 0 Å². The van der Waals surface area contributed by atoms with Gasteiger partial charge in [0, 0.05) is 13.5 Å². The lowest BCUT2D eigenvalue weighted by molar-refractivity contribution is -0.136. The van der Waals surface area contributed by atoms with Crippen LogP contribution < -0.4 is 10.1 Å². The van der Waals surface area contributed by atoms with Crippen LogP contribution in [-0.4, -0.2) is 54.9 Å². The number of carbonyl (C=O) groups is 5. The molecule has 8 heteroatoms. The second kappa shape index (κ2) is 7.49. The van der Waals surface area contributed by atoms with Gasteiger partial charge in [-0.05, 0) is 18.6 Å². The average Bonchev–Trinajstić information content (AvgIpc) is 2.58. The lowest BCUT2D eigenvalue weighted by Crippen LogP contribution is -2.53. The number of benzene rings is 1. The molecular formula is C16H16N2O6. The highest BCUT2D eigenvalue weighted by molar-refractivity contribution is 6.06. The Labute approximate surface area is 137 Å². The molecule has 0 aromatic heterocycles. The maximum Gasteiger partial charge on any atom is 0.255 e. The second-order valence-corrected chi connectivity index (χ2v) is 5.20. The van der Waals surface area contributed by atoms with Gasteiger partial charge in [0.05, 0.1) is 11.1 Å². The third-order valence-electron chi connectivity index (χ3n) is 3.72. The minimum Gasteiger partial charge on any atom is -0.485 e. The van der Waals surface area contributed by atoms with Crippen molar-refractivity contribution in [2.45, 2.75) is 18.9 Å². The Kier molecular flexibility index (Phi) is 5.41. The number of aldehydes is 2. The van der Waals surface area contributed by atoms with Gasteiger partial charge in [0.25, 0.3) is 5.91 Å². The Morgan fingerprint density at radius 3 is 2.75 bits per heavy atom. The first-order chi connectivity index (χ1) is 11.5. The largest absolute Gasteiger partial charge is 0.485 e. The molecule has 1 aromatic rings. The van der Waals surface area contributed by atoms with Crippen LogP contribution in [0.25, 0.3) is 0 Å². The number of amides is 3. The van der Waals surface area contributed by atoms with E-state index >= 15 is 0 Å². The second-order valence-electron chi connectivity index (χ2n) is 5.20. The normalized spacial score (nSPS) is 17.0. The summed E-state index contributed by atoms with van der Waals surface area (Å²) in [6.07, 6.45) is 1.34. The maximum absolute atomic E-state index is 12.7. The summed E-state index contributed by atoms with van der Waals surface area (Å²) in [4.78, 5) is 58.7. The van der Waals surface area contributed by atoms with Crippen LogP contribution in [-0.2, 0) is 14.4 Å². The van der Waals surface area contributed by atoms with E-state index in [1.54, 1.807) is 0 Å². The molecule has 1 aliphatic rings. The zero-order chi connectivity index (χ0) is 17.7. The van der Waals surface area contributed by atoms with E-state index in [4.69, 9.17) is 4.74 Å². The first-order valence-electron chi connectivity index (χ1n) is 7.25. The fourth-order valence-corrected chi connectivity index (χ4v) is 2.48. The maximum atomic E-state index is 12.7. The van der Waals surface area contributed by atoms with E-state index in [9.17, 15) is 24.0 Å². The van der Waals surface area contributed by atoms with Crippen molar-refractivity contribution in [1.82, 2.24) is 10.2 Å². The molecule has 1 heterocycles. The summed E-state index contributed by atoms with van der Waals surface area (Å²) < 4.78 is 5.13. The minimum atomic E-state index is -0.797. The molecule has 24 heavy (non-hydrogen) atoms. The van der Waals surface area contributed by atoms with Crippen LogP contribution in [0.4, 0.5) is 0 Å². The van der Waals surface area contributed by atoms with Crippen LogP contribution in [0.3, 0.4) is 0 Å². The third kappa shape index (κ3) is 3.48. The molecule has 8 nitrogen and oxygen atoms in total. The number of likely N-dealkylation sites (N-methyl/N-ethyl adjacent to an activating group) is 1. The standard InChI is InChI=1S/C16H16N2O6/c1-18(12-5-6-14(21)17-15(12)22)16(23)10-3-2-4-13(11(10)9-20)24-8-7-19/h2-4,7,9,12H,5-6,8H2,1H3,(H,17,21,22). The molecule has 1 N–H and O–H groups in total. The summed E-state index contributed by atoms with van der Waals surface area (Å²) in [5.41, 5.74) is 0.0593. The number of piperidine rings is 1. The molecule has 1 aromatic carbocycles. The predicted molar refractivity (Wildman–Crippen MR) is 81.7 cm³/mol. The molecule has 1 saturated heterocycles. The van der Waals surface area contributed by atoms with Crippen molar-refractivity contribution < 1.29 is 28.7 Å². The van der Waals surface area contributed by atoms with Gasteiger partial charge < -0.3 is 9.64 Å². The van der Waals surface area contributed by atoms with E-state index in [2.05, 4.69) is 5.32 Å². The molecule has 0 saturated carbocycles. The monoisotopic (exact) mass is 332 g/mol. The average molecular weight is 332 g/mol. The number of nitrogens with zero attached hydrogens (tertiary/aromatic N) is 1. The summed E-state index contributed by atoms with van der Waals surface area (Å²) in [5, 5.41) is 2.18. The zero-order valence-corrected chi connectivity index (χ0v) is 13.0. The van der Waals surface area contributed by atoms with Gasteiger partial charge >= 0.3 is 0 Å². The molecule has 1 unspecified atom stereocenters. The number of imide groups is 1. The number of nitrogens with one attached hydrogen (secondary N) is 1. The van der Waals surface area contributed by atoms with Crippen molar-refractivity contribution >= 4 is 30.3 Å². The van der Waals surface area contributed by atoms with Crippen molar-refractivity contribution in [1.29, 1.82) is 0 Å². The van der Waals surface area contributed by atoms with Gasteiger partial charge in [0.2, 0.25) is 11.8 Å². The Morgan fingerprint density at radius 2 is 2.12 bits per heavy atom. The zero-order valence-electron chi connectivity index (χ0n) is 13.0. The highest BCUT2D eigenvalue weighted by atomic mass is 16.5. The van der Waals surface area contributed by atoms with E-state index in [0.29, 0.717) is 12.6 Å². The van der Waals surface area contributed by atoms with Crippen LogP contribution in [0.2, 0.25) is 0 Å². The van der Waals surface area contributed by atoms with Gasteiger partial charge in [-0.25, -0.2) is 0 Å². The first kappa shape index (κ1) is 17.3. The lowest BCUT2D eigenvalue weighted by atomic mass is 10.0. The van der Waals surface area contributed by atoms with Gasteiger partial charge in [-0.1, -0.05) is 6.07 Å². The number of carbonyl (C=O) groups excluding carboxylic acids is 5. The van der Waals surface area contributed by atoms with Crippen LogP contribution >= 0.6 is 0 Å². The summed E-state index contributed by atoms with van der Waals surface area (Å²) >= 11 is 0. The van der Waals surface area contributed by atoms with Crippen LogP contribution in [0, 0.1) is 0 Å². The Balaban J connectivity index is 2.28. The Hall–Kier alpha value is -3.03. The highest BCUT2D eigenvalue weighted by Crippen LogP contribution is 2.23. The molecular weight excluding hydrogens is 316 g/mol. The van der Waals surface area contributed by atoms with Gasteiger partial charge in [0.15, 0.2) is 12.6 Å². The van der Waals surface area contributed by atoms with E-state index < -0.39 is 17.9 Å². The molecule has 0 bridgehead atoms. The van der Waals surface area contributed by atoms with E-state index in [1.165, 1.54) is 30.1 Å². The quantitative estimate of drug-likeness (QED) is 0.578. The summed E-state index contributed by atoms with van der Waals surface area (Å²) in [7, 11) is 1.43. The lowest BCUT2D eigenvalue weighted by Gasteiger charge is -2.30. The molecule has 1 aliphatic heterocycles. The van der Waals surface area contributed by atoms with E-state index in [1.807, 2.05) is 0 Å². The van der Waals surface area contributed by atoms with Crippen LogP contribution in [0.1, 0.15) is 33.6 Å². The van der Waals surface area contributed by atoms with Gasteiger partial charge in [0.1, 0.15) is 18.4 Å². The molecule has 0 spiro atoms. The smallest absolute Gasteiger partial charge is 0.255 e. The van der Waals surface area contributed by atoms with Crippen molar-refractivity contribution in [2.24, 2.45) is 0 Å². The number of rotatable bonds is 6. The third-order valence-corrected chi connectivity index (χ3v) is 3.72. The number of hydrogen-bond donors (Lipinski definition) is 1. The Bertz CT molecular complexity index is 700. The molecule has 1 fully saturated rings. The van der Waals surface area contributed by atoms with Crippen LogP contribution in [0.5, 0.6) is 5.75 Å². The predicted octanol–water partition coefficient (Wildman–Crippen LogP) is -0.0460. The summed E-state index contributed by atoms with van der Waals surface area (Å²) in [6.45, 7) is -0.249.